The Morgan fingerprint density at radius 2 is 2.00 bits per heavy atom. The molecule has 3 rings (SSSR count). The molecule has 0 unspecified atom stereocenters. The molecule has 0 saturated heterocycles. The molecule has 1 heteroatoms. The molecule has 0 aromatic heterocycles. The largest absolute Gasteiger partial charge is 0.325 e. The molecule has 2 N–H and O–H groups in total. The summed E-state index contributed by atoms with van der Waals surface area (Å²) in [5.74, 6) is 0.824. The van der Waals surface area contributed by atoms with Crippen molar-refractivity contribution in [3.8, 4) is 0 Å². The molecule has 0 atom stereocenters. The maximum absolute atomic E-state index is 6.13. The average Bonchev–Trinajstić information content (AvgIpc) is 1.87. The van der Waals surface area contributed by atoms with Crippen LogP contribution < -0.4 is 5.73 Å². The van der Waals surface area contributed by atoms with E-state index in [0.29, 0.717) is 0 Å². The lowest BCUT2D eigenvalue weighted by atomic mass is 9.64. The molecule has 0 heterocycles. The van der Waals surface area contributed by atoms with E-state index in [1.807, 2.05) is 0 Å². The highest BCUT2D eigenvalue weighted by Gasteiger charge is 2.38. The van der Waals surface area contributed by atoms with Gasteiger partial charge in [-0.1, -0.05) is 12.2 Å². The first-order chi connectivity index (χ1) is 4.70. The number of hydrogen-bond acceptors (Lipinski definition) is 1. The highest BCUT2D eigenvalue weighted by molar-refractivity contribution is 5.16. The second kappa shape index (κ2) is 1.85. The van der Waals surface area contributed by atoms with E-state index in [4.69, 9.17) is 5.73 Å². The summed E-state index contributed by atoms with van der Waals surface area (Å²) in [5, 5.41) is 0. The van der Waals surface area contributed by atoms with Crippen molar-refractivity contribution < 1.29 is 0 Å². The lowest BCUT2D eigenvalue weighted by Crippen LogP contribution is -2.48. The van der Waals surface area contributed by atoms with E-state index in [-0.39, 0.29) is 5.54 Å². The molecule has 0 aromatic carbocycles. The minimum atomic E-state index is 0.159. The van der Waals surface area contributed by atoms with E-state index >= 15 is 0 Å². The summed E-state index contributed by atoms with van der Waals surface area (Å²) >= 11 is 0. The first-order valence-corrected chi connectivity index (χ1v) is 4.16. The first kappa shape index (κ1) is 6.41. The van der Waals surface area contributed by atoms with E-state index in [1.54, 1.807) is 0 Å². The number of fused-ring (bicyclic) bond motifs is 3. The maximum Gasteiger partial charge on any atom is 0.0192 e. The Morgan fingerprint density at radius 1 is 1.40 bits per heavy atom. The SMILES string of the molecule is C=C1CC2(N)CCC1CC2. The van der Waals surface area contributed by atoms with Crippen LogP contribution in [0.25, 0.3) is 0 Å². The normalized spacial score (nSPS) is 46.1. The van der Waals surface area contributed by atoms with Crippen LogP contribution in [0.4, 0.5) is 0 Å². The monoisotopic (exact) mass is 137 g/mol. The van der Waals surface area contributed by atoms with Crippen LogP contribution in [0, 0.1) is 5.92 Å². The summed E-state index contributed by atoms with van der Waals surface area (Å²) in [6, 6.07) is 0. The van der Waals surface area contributed by atoms with E-state index in [9.17, 15) is 0 Å². The van der Waals surface area contributed by atoms with Gasteiger partial charge in [0, 0.05) is 5.54 Å². The molecule has 0 spiro atoms. The van der Waals surface area contributed by atoms with Crippen LogP contribution in [0.5, 0.6) is 0 Å². The Morgan fingerprint density at radius 3 is 2.30 bits per heavy atom. The molecule has 3 saturated carbocycles. The van der Waals surface area contributed by atoms with Gasteiger partial charge in [0.25, 0.3) is 0 Å². The predicted molar refractivity (Wildman–Crippen MR) is 42.6 cm³/mol. The van der Waals surface area contributed by atoms with Gasteiger partial charge in [-0.25, -0.2) is 0 Å². The molecular formula is C9H15N. The highest BCUT2D eigenvalue weighted by Crippen LogP contribution is 2.44. The number of hydrogen-bond donors (Lipinski definition) is 1. The van der Waals surface area contributed by atoms with Gasteiger partial charge in [0.15, 0.2) is 0 Å². The van der Waals surface area contributed by atoms with Gasteiger partial charge in [0.1, 0.15) is 0 Å². The minimum Gasteiger partial charge on any atom is -0.325 e. The fourth-order valence-corrected chi connectivity index (χ4v) is 2.37. The summed E-state index contributed by atoms with van der Waals surface area (Å²) in [6.45, 7) is 4.06. The second-order valence-corrected chi connectivity index (χ2v) is 3.97. The van der Waals surface area contributed by atoms with Crippen LogP contribution in [0.3, 0.4) is 0 Å². The standard InChI is InChI=1S/C9H15N/c1-7-6-9(10)4-2-8(7)3-5-9/h8H,1-6,10H2. The summed E-state index contributed by atoms with van der Waals surface area (Å²) in [5.41, 5.74) is 7.70. The van der Waals surface area contributed by atoms with Gasteiger partial charge in [0.05, 0.1) is 0 Å². The molecule has 0 aliphatic heterocycles. The molecule has 2 bridgehead atoms. The van der Waals surface area contributed by atoms with Crippen molar-refractivity contribution in [1.82, 2.24) is 0 Å². The smallest absolute Gasteiger partial charge is 0.0192 e. The molecule has 3 fully saturated rings. The molecular weight excluding hydrogens is 122 g/mol. The van der Waals surface area contributed by atoms with E-state index < -0.39 is 0 Å². The van der Waals surface area contributed by atoms with Crippen molar-refractivity contribution in [2.75, 3.05) is 0 Å². The van der Waals surface area contributed by atoms with Gasteiger partial charge >= 0.3 is 0 Å². The second-order valence-electron chi connectivity index (χ2n) is 3.97. The minimum absolute atomic E-state index is 0.159. The summed E-state index contributed by atoms with van der Waals surface area (Å²) < 4.78 is 0. The van der Waals surface area contributed by atoms with Crippen molar-refractivity contribution in [1.29, 1.82) is 0 Å². The van der Waals surface area contributed by atoms with E-state index in [0.717, 1.165) is 12.3 Å². The highest BCUT2D eigenvalue weighted by atomic mass is 14.8. The lowest BCUT2D eigenvalue weighted by molar-refractivity contribution is 0.198. The van der Waals surface area contributed by atoms with Crippen LogP contribution in [0.1, 0.15) is 32.1 Å². The summed E-state index contributed by atoms with van der Waals surface area (Å²) in [7, 11) is 0. The van der Waals surface area contributed by atoms with Gasteiger partial charge in [-0.2, -0.15) is 0 Å². The average molecular weight is 137 g/mol. The van der Waals surface area contributed by atoms with Gasteiger partial charge in [-0.15, -0.1) is 0 Å². The van der Waals surface area contributed by atoms with Crippen LogP contribution >= 0.6 is 0 Å². The van der Waals surface area contributed by atoms with Crippen molar-refractivity contribution in [2.45, 2.75) is 37.6 Å². The molecule has 10 heavy (non-hydrogen) atoms. The molecule has 0 radical (unpaired) electrons. The molecule has 3 aliphatic rings. The summed E-state index contributed by atoms with van der Waals surface area (Å²) in [4.78, 5) is 0. The number of rotatable bonds is 0. The van der Waals surface area contributed by atoms with Crippen LogP contribution in [-0.2, 0) is 0 Å². The lowest BCUT2D eigenvalue weighted by Gasteiger charge is -2.45. The quantitative estimate of drug-likeness (QED) is 0.506. The topological polar surface area (TPSA) is 26.0 Å². The Balaban J connectivity index is 2.22. The summed E-state index contributed by atoms with van der Waals surface area (Å²) in [6.07, 6.45) is 6.16. The van der Waals surface area contributed by atoms with Crippen molar-refractivity contribution in [2.24, 2.45) is 11.7 Å². The molecule has 3 aliphatic carbocycles. The van der Waals surface area contributed by atoms with Crippen LogP contribution in [0.2, 0.25) is 0 Å². The Kier molecular flexibility index (Phi) is 1.19. The predicted octanol–water partition coefficient (Wildman–Crippen LogP) is 1.83. The molecule has 0 aromatic rings. The third kappa shape index (κ3) is 0.807. The molecule has 0 amide bonds. The molecule has 1 nitrogen and oxygen atoms in total. The third-order valence-electron chi connectivity index (χ3n) is 3.14. The van der Waals surface area contributed by atoms with Gasteiger partial charge in [-0.3, -0.25) is 0 Å². The zero-order valence-electron chi connectivity index (χ0n) is 6.40. The third-order valence-corrected chi connectivity index (χ3v) is 3.14. The zero-order valence-corrected chi connectivity index (χ0v) is 6.40. The van der Waals surface area contributed by atoms with E-state index in [1.165, 1.54) is 31.3 Å². The van der Waals surface area contributed by atoms with Crippen molar-refractivity contribution in [3.05, 3.63) is 12.2 Å². The Hall–Kier alpha value is -0.300. The molecule has 56 valence electrons. The van der Waals surface area contributed by atoms with Crippen molar-refractivity contribution in [3.63, 3.8) is 0 Å². The van der Waals surface area contributed by atoms with Gasteiger partial charge in [-0.05, 0) is 38.0 Å². The van der Waals surface area contributed by atoms with Crippen molar-refractivity contribution >= 4 is 0 Å². The fourth-order valence-electron chi connectivity index (χ4n) is 2.37. The van der Waals surface area contributed by atoms with Gasteiger partial charge < -0.3 is 5.73 Å². The zero-order chi connectivity index (χ0) is 7.19. The fraction of sp³-hybridized carbons (Fsp3) is 0.778. The van der Waals surface area contributed by atoms with Gasteiger partial charge in [0.2, 0.25) is 0 Å². The van der Waals surface area contributed by atoms with Crippen LogP contribution in [-0.4, -0.2) is 5.54 Å². The Bertz CT molecular complexity index is 164. The number of nitrogens with two attached hydrogens (primary N) is 1. The first-order valence-electron chi connectivity index (χ1n) is 4.16. The van der Waals surface area contributed by atoms with E-state index in [2.05, 4.69) is 6.58 Å². The maximum atomic E-state index is 6.13. The van der Waals surface area contributed by atoms with Crippen LogP contribution in [0.15, 0.2) is 12.2 Å². The Labute approximate surface area is 62.3 Å².